The third-order valence-electron chi connectivity index (χ3n) is 3.41. The Morgan fingerprint density at radius 3 is 2.70 bits per heavy atom. The lowest BCUT2D eigenvalue weighted by molar-refractivity contribution is -0.131. The highest BCUT2D eigenvalue weighted by Gasteiger charge is 2.19. The van der Waals surface area contributed by atoms with E-state index in [-0.39, 0.29) is 30.1 Å². The Bertz CT molecular complexity index is 482. The number of carbonyl (C=O) groups excluding carboxylic acids is 1. The van der Waals surface area contributed by atoms with Crippen LogP contribution in [0.15, 0.2) is 24.3 Å². The van der Waals surface area contributed by atoms with Crippen molar-refractivity contribution < 1.29 is 23.0 Å². The Morgan fingerprint density at radius 1 is 1.43 bits per heavy atom. The summed E-state index contributed by atoms with van der Waals surface area (Å²) < 4.78 is 33.7. The molecule has 1 fully saturated rings. The van der Waals surface area contributed by atoms with Crippen molar-refractivity contribution in [1.29, 1.82) is 0 Å². The molecule has 1 amide bonds. The van der Waals surface area contributed by atoms with Gasteiger partial charge in [0.25, 0.3) is 0 Å². The second-order valence-electron chi connectivity index (χ2n) is 5.20. The van der Waals surface area contributed by atoms with E-state index < -0.39 is 6.61 Å². The average molecular weight is 351 g/mol. The molecule has 5 nitrogen and oxygen atoms in total. The highest BCUT2D eigenvalue weighted by atomic mass is 35.5. The molecular formula is C15H21ClF2N2O3. The van der Waals surface area contributed by atoms with Gasteiger partial charge in [-0.05, 0) is 17.7 Å². The van der Waals surface area contributed by atoms with Crippen molar-refractivity contribution in [3.8, 4) is 5.75 Å². The van der Waals surface area contributed by atoms with Gasteiger partial charge in [-0.25, -0.2) is 0 Å². The molecule has 8 heteroatoms. The van der Waals surface area contributed by atoms with Gasteiger partial charge in [-0.3, -0.25) is 4.79 Å². The van der Waals surface area contributed by atoms with Gasteiger partial charge in [-0.15, -0.1) is 12.4 Å². The molecule has 0 aliphatic carbocycles. The first-order chi connectivity index (χ1) is 10.5. The zero-order valence-electron chi connectivity index (χ0n) is 12.8. The number of ether oxygens (including phenoxy) is 2. The van der Waals surface area contributed by atoms with Crippen LogP contribution < -0.4 is 10.1 Å². The summed E-state index contributed by atoms with van der Waals surface area (Å²) in [5.74, 6) is 0.118. The van der Waals surface area contributed by atoms with Crippen LogP contribution in [-0.2, 0) is 16.1 Å². The maximum absolute atomic E-state index is 12.1. The molecule has 0 saturated carbocycles. The van der Waals surface area contributed by atoms with E-state index in [2.05, 4.69) is 10.1 Å². The molecule has 0 radical (unpaired) electrons. The fourth-order valence-corrected chi connectivity index (χ4v) is 2.26. The molecule has 0 spiro atoms. The van der Waals surface area contributed by atoms with Crippen molar-refractivity contribution in [3.63, 3.8) is 0 Å². The Kier molecular flexibility index (Phi) is 8.22. The molecule has 130 valence electrons. The molecule has 1 saturated heterocycles. The summed E-state index contributed by atoms with van der Waals surface area (Å²) in [5.41, 5.74) is 0.852. The van der Waals surface area contributed by atoms with Crippen LogP contribution in [0.2, 0.25) is 0 Å². The molecule has 1 aliphatic rings. The number of rotatable bonds is 6. The van der Waals surface area contributed by atoms with Crippen molar-refractivity contribution in [1.82, 2.24) is 10.2 Å². The van der Waals surface area contributed by atoms with Gasteiger partial charge in [0.15, 0.2) is 0 Å². The summed E-state index contributed by atoms with van der Waals surface area (Å²) in [7, 11) is 1.72. The number of amides is 1. The number of hydrogen-bond donors (Lipinski definition) is 1. The van der Waals surface area contributed by atoms with E-state index in [1.54, 1.807) is 24.1 Å². The standard InChI is InChI=1S/C15H20F2N2O3.ClH/c1-19(14(20)8-12-10-21-7-6-18-12)9-11-2-4-13(5-3-11)22-15(16)17;/h2-5,12,15,18H,6-10H2,1H3;1H. The van der Waals surface area contributed by atoms with Gasteiger partial charge in [0, 0.05) is 32.6 Å². The predicted octanol–water partition coefficient (Wildman–Crippen LogP) is 2.05. The summed E-state index contributed by atoms with van der Waals surface area (Å²) >= 11 is 0. The first-order valence-corrected chi connectivity index (χ1v) is 7.13. The van der Waals surface area contributed by atoms with Crippen LogP contribution in [0.4, 0.5) is 8.78 Å². The minimum atomic E-state index is -2.83. The topological polar surface area (TPSA) is 50.8 Å². The summed E-state index contributed by atoms with van der Waals surface area (Å²) in [6.45, 7) is -0.443. The van der Waals surface area contributed by atoms with Crippen molar-refractivity contribution in [2.45, 2.75) is 25.6 Å². The largest absolute Gasteiger partial charge is 0.435 e. The molecule has 1 aromatic rings. The van der Waals surface area contributed by atoms with Crippen LogP contribution in [0.25, 0.3) is 0 Å². The van der Waals surface area contributed by atoms with Gasteiger partial charge in [0.2, 0.25) is 5.91 Å². The molecule has 23 heavy (non-hydrogen) atoms. The van der Waals surface area contributed by atoms with Gasteiger partial charge in [0.05, 0.1) is 13.2 Å². The fourth-order valence-electron chi connectivity index (χ4n) is 2.26. The van der Waals surface area contributed by atoms with Gasteiger partial charge in [0.1, 0.15) is 5.75 Å². The fraction of sp³-hybridized carbons (Fsp3) is 0.533. The molecule has 0 bridgehead atoms. The lowest BCUT2D eigenvalue weighted by Gasteiger charge is -2.25. The van der Waals surface area contributed by atoms with E-state index >= 15 is 0 Å². The smallest absolute Gasteiger partial charge is 0.387 e. The van der Waals surface area contributed by atoms with E-state index in [0.29, 0.717) is 26.2 Å². The first-order valence-electron chi connectivity index (χ1n) is 7.13. The number of benzene rings is 1. The van der Waals surface area contributed by atoms with E-state index in [4.69, 9.17) is 4.74 Å². The lowest BCUT2D eigenvalue weighted by atomic mass is 10.1. The Hall–Kier alpha value is -1.44. The Morgan fingerprint density at radius 2 is 2.13 bits per heavy atom. The Labute approximate surface area is 140 Å². The summed E-state index contributed by atoms with van der Waals surface area (Å²) in [4.78, 5) is 13.7. The van der Waals surface area contributed by atoms with Crippen molar-refractivity contribution in [2.24, 2.45) is 0 Å². The summed E-state index contributed by atoms with van der Waals surface area (Å²) in [5, 5.41) is 3.23. The number of nitrogens with one attached hydrogen (secondary N) is 1. The minimum Gasteiger partial charge on any atom is -0.435 e. The van der Waals surface area contributed by atoms with Crippen LogP contribution in [0, 0.1) is 0 Å². The third kappa shape index (κ3) is 6.68. The number of hydrogen-bond acceptors (Lipinski definition) is 4. The van der Waals surface area contributed by atoms with Crippen molar-refractivity contribution in [2.75, 3.05) is 26.8 Å². The number of halogens is 3. The quantitative estimate of drug-likeness (QED) is 0.853. The Balaban J connectivity index is 0.00000264. The second-order valence-corrected chi connectivity index (χ2v) is 5.20. The maximum atomic E-state index is 12.1. The van der Waals surface area contributed by atoms with Crippen LogP contribution in [0.3, 0.4) is 0 Å². The highest BCUT2D eigenvalue weighted by Crippen LogP contribution is 2.16. The van der Waals surface area contributed by atoms with Gasteiger partial charge in [-0.1, -0.05) is 12.1 Å². The van der Waals surface area contributed by atoms with E-state index in [0.717, 1.165) is 12.1 Å². The normalized spacial score (nSPS) is 17.5. The van der Waals surface area contributed by atoms with Crippen molar-refractivity contribution >= 4 is 18.3 Å². The lowest BCUT2D eigenvalue weighted by Crippen LogP contribution is -2.44. The van der Waals surface area contributed by atoms with Gasteiger partial charge < -0.3 is 19.7 Å². The van der Waals surface area contributed by atoms with Crippen LogP contribution in [0.5, 0.6) is 5.75 Å². The van der Waals surface area contributed by atoms with Gasteiger partial charge in [-0.2, -0.15) is 8.78 Å². The van der Waals surface area contributed by atoms with Crippen molar-refractivity contribution in [3.05, 3.63) is 29.8 Å². The van der Waals surface area contributed by atoms with Crippen LogP contribution in [-0.4, -0.2) is 50.3 Å². The highest BCUT2D eigenvalue weighted by molar-refractivity contribution is 5.85. The van der Waals surface area contributed by atoms with Crippen LogP contribution in [0.1, 0.15) is 12.0 Å². The predicted molar refractivity (Wildman–Crippen MR) is 84.0 cm³/mol. The maximum Gasteiger partial charge on any atom is 0.387 e. The number of nitrogens with zero attached hydrogens (tertiary/aromatic N) is 1. The molecule has 1 atom stereocenters. The SMILES string of the molecule is CN(Cc1ccc(OC(F)F)cc1)C(=O)CC1COCCN1.Cl. The second kappa shape index (κ2) is 9.64. The third-order valence-corrected chi connectivity index (χ3v) is 3.41. The monoisotopic (exact) mass is 350 g/mol. The zero-order chi connectivity index (χ0) is 15.9. The van der Waals surface area contributed by atoms with E-state index in [9.17, 15) is 13.6 Å². The van der Waals surface area contributed by atoms with E-state index in [1.807, 2.05) is 0 Å². The number of carbonyl (C=O) groups is 1. The zero-order valence-corrected chi connectivity index (χ0v) is 13.7. The molecule has 1 aliphatic heterocycles. The molecule has 0 aromatic heterocycles. The van der Waals surface area contributed by atoms with Gasteiger partial charge >= 0.3 is 6.61 Å². The summed E-state index contributed by atoms with van der Waals surface area (Å²) in [6, 6.07) is 6.32. The first kappa shape index (κ1) is 19.6. The molecule has 1 unspecified atom stereocenters. The molecule has 1 heterocycles. The molecule has 1 aromatic carbocycles. The van der Waals surface area contributed by atoms with E-state index in [1.165, 1.54) is 12.1 Å². The average Bonchev–Trinajstić information content (AvgIpc) is 2.49. The molecule has 1 N–H and O–H groups in total. The summed E-state index contributed by atoms with van der Waals surface area (Å²) in [6.07, 6.45) is 0.378. The van der Waals surface area contributed by atoms with Crippen LogP contribution >= 0.6 is 12.4 Å². The number of alkyl halides is 2. The number of morpholine rings is 1. The molecule has 2 rings (SSSR count). The minimum absolute atomic E-state index is 0. The molecular weight excluding hydrogens is 330 g/mol.